The lowest BCUT2D eigenvalue weighted by Crippen LogP contribution is -2.23. The van der Waals surface area contributed by atoms with Gasteiger partial charge in [-0.25, -0.2) is 22.7 Å². The van der Waals surface area contributed by atoms with Gasteiger partial charge in [-0.1, -0.05) is 0 Å². The van der Waals surface area contributed by atoms with E-state index >= 15 is 0 Å². The van der Waals surface area contributed by atoms with Gasteiger partial charge in [0.2, 0.25) is 10.0 Å². The third-order valence-electron chi connectivity index (χ3n) is 3.24. The van der Waals surface area contributed by atoms with Crippen molar-refractivity contribution in [2.75, 3.05) is 5.32 Å². The molecule has 0 spiro atoms. The van der Waals surface area contributed by atoms with Gasteiger partial charge in [0.05, 0.1) is 10.5 Å². The van der Waals surface area contributed by atoms with Gasteiger partial charge in [0.25, 0.3) is 0 Å². The van der Waals surface area contributed by atoms with Crippen molar-refractivity contribution in [1.82, 2.24) is 4.72 Å². The van der Waals surface area contributed by atoms with E-state index in [2.05, 4.69) is 9.46 Å². The third kappa shape index (κ3) is 6.16. The monoisotopic (exact) mass is 468 g/mol. The lowest BCUT2D eigenvalue weighted by molar-refractivity contribution is -0.274. The summed E-state index contributed by atoms with van der Waals surface area (Å²) < 4.78 is 66.7. The molecule has 1 aromatic carbocycles. The zero-order valence-corrected chi connectivity index (χ0v) is 16.0. The summed E-state index contributed by atoms with van der Waals surface area (Å²) in [5.74, 6) is -5.43. The Morgan fingerprint density at radius 1 is 1.10 bits per heavy atom. The molecule has 4 N–H and O–H groups in total. The van der Waals surface area contributed by atoms with Gasteiger partial charge in [0, 0.05) is 11.4 Å². The Hall–Kier alpha value is -3.17. The Bertz CT molecular complexity index is 1080. The number of halogens is 3. The quantitative estimate of drug-likeness (QED) is 0.448. The Morgan fingerprint density at radius 2 is 1.70 bits per heavy atom. The van der Waals surface area contributed by atoms with Crippen molar-refractivity contribution < 1.29 is 50.9 Å². The molecular formula is C15H11F3N2O8S2. The molecule has 2 rings (SSSR count). The molecule has 0 saturated heterocycles. The van der Waals surface area contributed by atoms with Crippen LogP contribution in [0.5, 0.6) is 5.75 Å². The number of alkyl halides is 3. The van der Waals surface area contributed by atoms with E-state index in [1.807, 2.05) is 5.32 Å². The smallest absolute Gasteiger partial charge is 0.478 e. The molecule has 0 bridgehead atoms. The lowest BCUT2D eigenvalue weighted by atomic mass is 10.3. The van der Waals surface area contributed by atoms with Crippen LogP contribution >= 0.6 is 11.3 Å². The van der Waals surface area contributed by atoms with E-state index in [-0.39, 0.29) is 14.8 Å². The van der Waals surface area contributed by atoms with Gasteiger partial charge in [0.15, 0.2) is 0 Å². The van der Waals surface area contributed by atoms with Crippen LogP contribution in [0, 0.1) is 0 Å². The normalized spacial score (nSPS) is 11.7. The van der Waals surface area contributed by atoms with Crippen molar-refractivity contribution in [2.24, 2.45) is 0 Å². The third-order valence-corrected chi connectivity index (χ3v) is 5.71. The number of carboxylic acids is 2. The first-order valence-corrected chi connectivity index (χ1v) is 9.84. The van der Waals surface area contributed by atoms with Crippen LogP contribution in [-0.2, 0) is 26.2 Å². The second-order valence-corrected chi connectivity index (χ2v) is 8.27. The molecule has 0 aliphatic carbocycles. The van der Waals surface area contributed by atoms with E-state index < -0.39 is 52.1 Å². The summed E-state index contributed by atoms with van der Waals surface area (Å²) >= 11 is 0.630. The largest absolute Gasteiger partial charge is 0.573 e. The van der Waals surface area contributed by atoms with Crippen molar-refractivity contribution in [2.45, 2.75) is 17.8 Å². The Morgan fingerprint density at radius 3 is 2.20 bits per heavy atom. The number of aliphatic carboxylic acids is 1. The van der Waals surface area contributed by atoms with Crippen molar-refractivity contribution in [1.29, 1.82) is 0 Å². The number of nitrogens with one attached hydrogen (secondary N) is 2. The average molecular weight is 468 g/mol. The fraction of sp³-hybridized carbons (Fsp3) is 0.133. The second kappa shape index (κ2) is 8.68. The first-order valence-electron chi connectivity index (χ1n) is 7.54. The number of carbonyl (C=O) groups is 3. The molecule has 0 atom stereocenters. The van der Waals surface area contributed by atoms with Gasteiger partial charge in [0.1, 0.15) is 10.8 Å². The number of aromatic carboxylic acids is 1. The number of carbonyl (C=O) groups excluding carboxylic acids is 1. The van der Waals surface area contributed by atoms with E-state index in [0.29, 0.717) is 11.3 Å². The second-order valence-electron chi connectivity index (χ2n) is 5.36. The van der Waals surface area contributed by atoms with Crippen LogP contribution in [0.3, 0.4) is 0 Å². The average Bonchev–Trinajstić information content (AvgIpc) is 3.02. The van der Waals surface area contributed by atoms with Crippen molar-refractivity contribution in [3.63, 3.8) is 0 Å². The molecule has 0 saturated carbocycles. The summed E-state index contributed by atoms with van der Waals surface area (Å²) in [6.45, 7) is -0.434. The summed E-state index contributed by atoms with van der Waals surface area (Å²) in [7, 11) is -4.19. The summed E-state index contributed by atoms with van der Waals surface area (Å²) in [4.78, 5) is 32.8. The minimum Gasteiger partial charge on any atom is -0.478 e. The number of sulfonamides is 1. The highest BCUT2D eigenvalue weighted by Crippen LogP contribution is 2.29. The topological polar surface area (TPSA) is 159 Å². The molecule has 0 aliphatic heterocycles. The fourth-order valence-electron chi connectivity index (χ4n) is 2.01. The SMILES string of the molecule is O=C(O)C(=O)Nc1sc(CNS(=O)(=O)c2ccc(OC(F)(F)F)cc2)cc1C(=O)O. The Labute approximate surface area is 169 Å². The molecule has 0 unspecified atom stereocenters. The maximum absolute atomic E-state index is 12.3. The fourth-order valence-corrected chi connectivity index (χ4v) is 4.09. The Kier molecular flexibility index (Phi) is 6.69. The highest BCUT2D eigenvalue weighted by atomic mass is 32.2. The van der Waals surface area contributed by atoms with Crippen LogP contribution in [0.1, 0.15) is 15.2 Å². The van der Waals surface area contributed by atoms with Gasteiger partial charge in [-0.15, -0.1) is 24.5 Å². The summed E-state index contributed by atoms with van der Waals surface area (Å²) in [5, 5.41) is 19.3. The first kappa shape index (κ1) is 23.1. The summed E-state index contributed by atoms with van der Waals surface area (Å²) in [6, 6.07) is 4.38. The van der Waals surface area contributed by atoms with Gasteiger partial charge >= 0.3 is 24.2 Å². The number of hydrogen-bond donors (Lipinski definition) is 4. The molecule has 0 aliphatic rings. The molecule has 1 aromatic heterocycles. The van der Waals surface area contributed by atoms with Crippen molar-refractivity contribution in [3.05, 3.63) is 40.8 Å². The number of ether oxygens (including phenoxy) is 1. The number of anilines is 1. The van der Waals surface area contributed by atoms with Gasteiger partial charge in [-0.3, -0.25) is 4.79 Å². The molecule has 1 heterocycles. The zero-order valence-electron chi connectivity index (χ0n) is 14.4. The number of amides is 1. The van der Waals surface area contributed by atoms with Crippen LogP contribution in [0.15, 0.2) is 35.2 Å². The number of rotatable bonds is 7. The van der Waals surface area contributed by atoms with E-state index in [4.69, 9.17) is 10.2 Å². The molecular weight excluding hydrogens is 457 g/mol. The maximum atomic E-state index is 12.3. The van der Waals surface area contributed by atoms with Gasteiger partial charge in [-0.05, 0) is 30.3 Å². The first-order chi connectivity index (χ1) is 13.8. The molecule has 10 nitrogen and oxygen atoms in total. The number of benzene rings is 1. The Balaban J connectivity index is 2.14. The molecule has 15 heteroatoms. The minimum atomic E-state index is -4.94. The van der Waals surface area contributed by atoms with Crippen LogP contribution in [0.4, 0.5) is 18.2 Å². The number of thiophene rings is 1. The summed E-state index contributed by atoms with van der Waals surface area (Å²) in [6.07, 6.45) is -4.94. The zero-order chi connectivity index (χ0) is 22.7. The number of carboxylic acid groups (broad SMARTS) is 2. The van der Waals surface area contributed by atoms with E-state index in [1.54, 1.807) is 0 Å². The van der Waals surface area contributed by atoms with Gasteiger partial charge in [-0.2, -0.15) is 0 Å². The van der Waals surface area contributed by atoms with Crippen LogP contribution in [0.2, 0.25) is 0 Å². The molecule has 1 amide bonds. The minimum absolute atomic E-state index is 0.119. The van der Waals surface area contributed by atoms with Crippen molar-refractivity contribution in [3.8, 4) is 5.75 Å². The van der Waals surface area contributed by atoms with E-state index in [9.17, 15) is 36.0 Å². The number of hydrogen-bond acceptors (Lipinski definition) is 7. The predicted octanol–water partition coefficient (Wildman–Crippen LogP) is 1.85. The molecule has 0 fully saturated rings. The highest BCUT2D eigenvalue weighted by Gasteiger charge is 2.31. The predicted molar refractivity (Wildman–Crippen MR) is 94.7 cm³/mol. The highest BCUT2D eigenvalue weighted by molar-refractivity contribution is 7.89. The van der Waals surface area contributed by atoms with Crippen LogP contribution in [-0.4, -0.2) is 42.8 Å². The van der Waals surface area contributed by atoms with Crippen LogP contribution < -0.4 is 14.8 Å². The molecule has 0 radical (unpaired) electrons. The molecule has 30 heavy (non-hydrogen) atoms. The molecule has 162 valence electrons. The van der Waals surface area contributed by atoms with E-state index in [1.165, 1.54) is 0 Å². The van der Waals surface area contributed by atoms with Crippen LogP contribution in [0.25, 0.3) is 0 Å². The van der Waals surface area contributed by atoms with E-state index in [0.717, 1.165) is 30.3 Å². The van der Waals surface area contributed by atoms with Gasteiger partial charge < -0.3 is 20.3 Å². The standard InChI is InChI=1S/C15H11F3N2O8S2/c16-15(17,18)28-7-1-3-9(4-2-7)30(26,27)19-6-8-5-10(13(22)23)12(29-8)20-11(21)14(24)25/h1-5,19H,6H2,(H,20,21)(H,22,23)(H,24,25). The maximum Gasteiger partial charge on any atom is 0.573 e. The van der Waals surface area contributed by atoms with Crippen molar-refractivity contribution >= 4 is 44.2 Å². The summed E-state index contributed by atoms with van der Waals surface area (Å²) in [5.41, 5.74) is -0.447. The lowest BCUT2D eigenvalue weighted by Gasteiger charge is -2.10. The molecule has 2 aromatic rings.